The summed E-state index contributed by atoms with van der Waals surface area (Å²) >= 11 is 3.42. The highest BCUT2D eigenvalue weighted by atomic mass is 79.9. The van der Waals surface area contributed by atoms with E-state index in [1.807, 2.05) is 30.3 Å². The lowest BCUT2D eigenvalue weighted by atomic mass is 10.1. The van der Waals surface area contributed by atoms with Gasteiger partial charge in [0.1, 0.15) is 11.3 Å². The Morgan fingerprint density at radius 1 is 1.12 bits per heavy atom. The largest absolute Gasteiger partial charge is 0.505 e. The number of fused-ring (bicyclic) bond motifs is 1. The van der Waals surface area contributed by atoms with Crippen LogP contribution in [0, 0.1) is 0 Å². The first-order chi connectivity index (χ1) is 12.2. The molecule has 2 N–H and O–H groups in total. The van der Waals surface area contributed by atoms with Gasteiger partial charge in [0.25, 0.3) is 0 Å². The zero-order chi connectivity index (χ0) is 17.2. The van der Waals surface area contributed by atoms with Gasteiger partial charge in [0.05, 0.1) is 16.9 Å². The molecule has 3 heterocycles. The average molecular weight is 399 g/mol. The minimum absolute atomic E-state index is 0.302. The molecule has 0 bridgehead atoms. The van der Waals surface area contributed by atoms with Crippen LogP contribution in [-0.4, -0.2) is 33.1 Å². The number of phenols is 1. The normalized spacial score (nSPS) is 14.9. The molecule has 0 radical (unpaired) electrons. The van der Waals surface area contributed by atoms with E-state index in [-0.39, 0.29) is 0 Å². The number of aromatic hydroxyl groups is 1. The van der Waals surface area contributed by atoms with Crippen molar-refractivity contribution in [2.45, 2.75) is 19.4 Å². The van der Waals surface area contributed by atoms with Crippen molar-refractivity contribution in [1.29, 1.82) is 0 Å². The molecule has 1 aliphatic heterocycles. The van der Waals surface area contributed by atoms with Crippen molar-refractivity contribution < 1.29 is 5.11 Å². The number of para-hydroxylation sites is 1. The number of hydrogen-bond donors (Lipinski definition) is 2. The minimum atomic E-state index is 0.302. The molecule has 1 fully saturated rings. The van der Waals surface area contributed by atoms with Crippen molar-refractivity contribution in [3.05, 3.63) is 52.8 Å². The molecular formula is C19H19BrN4O. The van der Waals surface area contributed by atoms with Crippen molar-refractivity contribution in [1.82, 2.24) is 14.9 Å². The third kappa shape index (κ3) is 3.45. The fourth-order valence-electron chi connectivity index (χ4n) is 3.25. The van der Waals surface area contributed by atoms with Gasteiger partial charge >= 0.3 is 0 Å². The summed E-state index contributed by atoms with van der Waals surface area (Å²) in [6.45, 7) is 2.99. The molecule has 0 saturated carbocycles. The van der Waals surface area contributed by atoms with Crippen molar-refractivity contribution in [3.8, 4) is 5.75 Å². The van der Waals surface area contributed by atoms with Crippen LogP contribution in [0.4, 0.5) is 11.4 Å². The summed E-state index contributed by atoms with van der Waals surface area (Å²) in [5.41, 5.74) is 4.03. The molecule has 5 nitrogen and oxygen atoms in total. The maximum absolute atomic E-state index is 10.7. The Morgan fingerprint density at radius 3 is 2.80 bits per heavy atom. The summed E-state index contributed by atoms with van der Waals surface area (Å²) in [7, 11) is 0. The molecule has 1 aliphatic rings. The van der Waals surface area contributed by atoms with Crippen LogP contribution in [0.2, 0.25) is 0 Å². The molecule has 2 aromatic heterocycles. The Morgan fingerprint density at radius 2 is 1.96 bits per heavy atom. The van der Waals surface area contributed by atoms with Crippen LogP contribution in [0.3, 0.4) is 0 Å². The maximum atomic E-state index is 10.7. The van der Waals surface area contributed by atoms with Crippen LogP contribution in [0.15, 0.2) is 47.2 Å². The number of anilines is 2. The molecule has 0 aliphatic carbocycles. The van der Waals surface area contributed by atoms with E-state index in [2.05, 4.69) is 36.1 Å². The van der Waals surface area contributed by atoms with Gasteiger partial charge in [-0.1, -0.05) is 12.1 Å². The Bertz CT molecular complexity index is 909. The van der Waals surface area contributed by atoms with Crippen molar-refractivity contribution in [2.24, 2.45) is 0 Å². The van der Waals surface area contributed by atoms with Gasteiger partial charge in [-0.2, -0.15) is 0 Å². The molecule has 25 heavy (non-hydrogen) atoms. The average Bonchev–Trinajstić information content (AvgIpc) is 3.11. The molecule has 128 valence electrons. The predicted octanol–water partition coefficient (Wildman–Crippen LogP) is 4.44. The second-order valence-electron chi connectivity index (χ2n) is 6.30. The summed E-state index contributed by atoms with van der Waals surface area (Å²) in [6.07, 6.45) is 5.97. The van der Waals surface area contributed by atoms with Crippen LogP contribution >= 0.6 is 15.9 Å². The smallest absolute Gasteiger partial charge is 0.143 e. The molecule has 3 aromatic rings. The van der Waals surface area contributed by atoms with Crippen molar-refractivity contribution in [2.75, 3.05) is 18.4 Å². The van der Waals surface area contributed by atoms with Crippen LogP contribution in [0.25, 0.3) is 11.0 Å². The number of aromatic nitrogens is 2. The summed E-state index contributed by atoms with van der Waals surface area (Å²) in [5, 5.41) is 14.0. The van der Waals surface area contributed by atoms with Gasteiger partial charge in [0.2, 0.25) is 0 Å². The van der Waals surface area contributed by atoms with Crippen LogP contribution in [0.5, 0.6) is 5.75 Å². The third-order valence-corrected chi connectivity index (χ3v) is 4.96. The Kier molecular flexibility index (Phi) is 4.55. The zero-order valence-electron chi connectivity index (χ0n) is 13.7. The summed E-state index contributed by atoms with van der Waals surface area (Å²) in [4.78, 5) is 11.2. The second kappa shape index (κ2) is 6.98. The lowest BCUT2D eigenvalue weighted by Crippen LogP contribution is -2.18. The van der Waals surface area contributed by atoms with Crippen molar-refractivity contribution in [3.63, 3.8) is 0 Å². The number of likely N-dealkylation sites (tertiary alicyclic amines) is 1. The molecule has 4 rings (SSSR count). The Labute approximate surface area is 154 Å². The number of hydrogen-bond acceptors (Lipinski definition) is 5. The van der Waals surface area contributed by atoms with Gasteiger partial charge in [-0.05, 0) is 60.1 Å². The van der Waals surface area contributed by atoms with E-state index in [1.165, 1.54) is 12.8 Å². The highest BCUT2D eigenvalue weighted by Crippen LogP contribution is 2.33. The quantitative estimate of drug-likeness (QED) is 0.636. The van der Waals surface area contributed by atoms with E-state index in [1.54, 1.807) is 12.4 Å². The summed E-state index contributed by atoms with van der Waals surface area (Å²) in [6, 6.07) is 9.64. The first kappa shape index (κ1) is 16.3. The molecular weight excluding hydrogens is 380 g/mol. The van der Waals surface area contributed by atoms with Crippen LogP contribution < -0.4 is 5.32 Å². The van der Waals surface area contributed by atoms with Crippen LogP contribution in [0.1, 0.15) is 18.4 Å². The lowest BCUT2D eigenvalue weighted by Gasteiger charge is -2.17. The van der Waals surface area contributed by atoms with E-state index in [0.29, 0.717) is 11.4 Å². The number of rotatable bonds is 4. The maximum Gasteiger partial charge on any atom is 0.143 e. The van der Waals surface area contributed by atoms with Crippen molar-refractivity contribution >= 4 is 38.3 Å². The molecule has 0 spiro atoms. The minimum Gasteiger partial charge on any atom is -0.505 e. The standard InChI is InChI=1S/C19H19BrN4O/c20-14-10-17-18(22-11-14)15(6-7-21-17)23-16-5-3-4-13(19(16)25)12-24-8-1-2-9-24/h3-7,10-11,25H,1-2,8-9,12H2,(H,21,23). The Hall–Kier alpha value is -2.18. The van der Waals surface area contributed by atoms with E-state index in [4.69, 9.17) is 0 Å². The van der Waals surface area contributed by atoms with E-state index in [0.717, 1.165) is 46.4 Å². The third-order valence-electron chi connectivity index (χ3n) is 4.53. The van der Waals surface area contributed by atoms with E-state index >= 15 is 0 Å². The van der Waals surface area contributed by atoms with Crippen LogP contribution in [-0.2, 0) is 6.54 Å². The molecule has 0 atom stereocenters. The first-order valence-corrected chi connectivity index (χ1v) is 9.20. The molecule has 6 heteroatoms. The monoisotopic (exact) mass is 398 g/mol. The zero-order valence-corrected chi connectivity index (χ0v) is 15.3. The fourth-order valence-corrected chi connectivity index (χ4v) is 3.57. The van der Waals surface area contributed by atoms with Gasteiger partial charge in [0, 0.05) is 29.0 Å². The highest BCUT2D eigenvalue weighted by Gasteiger charge is 2.15. The number of halogens is 1. The summed E-state index contributed by atoms with van der Waals surface area (Å²) < 4.78 is 0.889. The highest BCUT2D eigenvalue weighted by molar-refractivity contribution is 9.10. The van der Waals surface area contributed by atoms with Gasteiger partial charge in [-0.25, -0.2) is 0 Å². The summed E-state index contributed by atoms with van der Waals surface area (Å²) in [5.74, 6) is 0.302. The molecule has 0 amide bonds. The van der Waals surface area contributed by atoms with Gasteiger partial charge in [-0.3, -0.25) is 14.9 Å². The van der Waals surface area contributed by atoms with E-state index < -0.39 is 0 Å². The van der Waals surface area contributed by atoms with Gasteiger partial charge in [0.15, 0.2) is 0 Å². The van der Waals surface area contributed by atoms with E-state index in [9.17, 15) is 5.11 Å². The second-order valence-corrected chi connectivity index (χ2v) is 7.22. The number of benzene rings is 1. The first-order valence-electron chi connectivity index (χ1n) is 8.41. The Balaban J connectivity index is 1.65. The van der Waals surface area contributed by atoms with Gasteiger partial charge < -0.3 is 10.4 Å². The predicted molar refractivity (Wildman–Crippen MR) is 103 cm³/mol. The number of nitrogens with zero attached hydrogens (tertiary/aromatic N) is 3. The SMILES string of the molecule is Oc1c(CN2CCCC2)cccc1Nc1ccnc2cc(Br)cnc12. The topological polar surface area (TPSA) is 61.3 Å². The molecule has 1 aromatic carbocycles. The lowest BCUT2D eigenvalue weighted by molar-refractivity contribution is 0.324. The fraction of sp³-hybridized carbons (Fsp3) is 0.263. The number of nitrogens with one attached hydrogen (secondary N) is 1. The number of phenolic OH excluding ortho intramolecular Hbond substituents is 1. The van der Waals surface area contributed by atoms with Gasteiger partial charge in [-0.15, -0.1) is 0 Å². The molecule has 0 unspecified atom stereocenters. The number of pyridine rings is 2. The molecule has 1 saturated heterocycles.